The van der Waals surface area contributed by atoms with Crippen molar-refractivity contribution in [3.05, 3.63) is 29.8 Å². The van der Waals surface area contributed by atoms with Crippen molar-refractivity contribution in [1.82, 2.24) is 14.5 Å². The summed E-state index contributed by atoms with van der Waals surface area (Å²) in [7, 11) is 0.360. The van der Waals surface area contributed by atoms with Gasteiger partial charge in [-0.3, -0.25) is 4.79 Å². The van der Waals surface area contributed by atoms with Gasteiger partial charge >= 0.3 is 0 Å². The van der Waals surface area contributed by atoms with E-state index in [1.54, 1.807) is 12.1 Å². The summed E-state index contributed by atoms with van der Waals surface area (Å²) in [5.41, 5.74) is 0.356. The number of nitrogens with zero attached hydrogens (tertiary/aromatic N) is 2. The maximum absolute atomic E-state index is 12.6. The van der Waals surface area contributed by atoms with Crippen LogP contribution in [0.1, 0.15) is 16.8 Å². The zero-order valence-corrected chi connectivity index (χ0v) is 15.0. The van der Waals surface area contributed by atoms with Crippen LogP contribution < -0.4 is 5.32 Å². The van der Waals surface area contributed by atoms with Crippen LogP contribution in [0.25, 0.3) is 0 Å². The lowest BCUT2D eigenvalue weighted by molar-refractivity contribution is 0.0730. The van der Waals surface area contributed by atoms with Crippen LogP contribution in [-0.2, 0) is 14.8 Å². The number of benzene rings is 1. The Hall–Kier alpha value is -1.48. The number of hydrogen-bond donors (Lipinski definition) is 1. The van der Waals surface area contributed by atoms with Gasteiger partial charge in [0.1, 0.15) is 0 Å². The van der Waals surface area contributed by atoms with Crippen LogP contribution in [0.15, 0.2) is 29.2 Å². The normalized spacial score (nSPS) is 16.3. The maximum atomic E-state index is 12.6. The summed E-state index contributed by atoms with van der Waals surface area (Å²) in [6.45, 7) is 2.90. The van der Waals surface area contributed by atoms with E-state index in [-0.39, 0.29) is 10.8 Å². The molecule has 1 aliphatic rings. The van der Waals surface area contributed by atoms with Crippen molar-refractivity contribution in [2.24, 2.45) is 0 Å². The second-order valence-corrected chi connectivity index (χ2v) is 7.89. The molecule has 1 aromatic carbocycles. The van der Waals surface area contributed by atoms with E-state index >= 15 is 0 Å². The molecule has 0 aliphatic carbocycles. The van der Waals surface area contributed by atoms with E-state index in [2.05, 4.69) is 5.32 Å². The number of ether oxygens (including phenoxy) is 1. The summed E-state index contributed by atoms with van der Waals surface area (Å²) in [4.78, 5) is 14.4. The van der Waals surface area contributed by atoms with Gasteiger partial charge in [-0.25, -0.2) is 8.42 Å². The molecule has 8 heteroatoms. The molecule has 0 spiro atoms. The number of morpholine rings is 1. The first kappa shape index (κ1) is 18.9. The fraction of sp³-hybridized carbons (Fsp3) is 0.562. The van der Waals surface area contributed by atoms with Crippen LogP contribution in [0.3, 0.4) is 0 Å². The summed E-state index contributed by atoms with van der Waals surface area (Å²) in [6, 6.07) is 6.18. The van der Waals surface area contributed by atoms with Crippen molar-refractivity contribution < 1.29 is 17.9 Å². The number of nitrogens with one attached hydrogen (secondary N) is 1. The van der Waals surface area contributed by atoms with E-state index in [1.807, 2.05) is 19.0 Å². The van der Waals surface area contributed by atoms with Crippen molar-refractivity contribution in [2.75, 3.05) is 53.5 Å². The maximum Gasteiger partial charge on any atom is 0.251 e. The molecule has 24 heavy (non-hydrogen) atoms. The summed E-state index contributed by atoms with van der Waals surface area (Å²) in [6.07, 6.45) is 0.838. The minimum Gasteiger partial charge on any atom is -0.379 e. The SMILES string of the molecule is CN(C)CCCNC(=O)c1cccc(S(=O)(=O)N2CCOCC2)c1. The van der Waals surface area contributed by atoms with Gasteiger partial charge in [-0.05, 0) is 45.3 Å². The van der Waals surface area contributed by atoms with E-state index in [1.165, 1.54) is 16.4 Å². The van der Waals surface area contributed by atoms with Gasteiger partial charge in [0, 0.05) is 25.2 Å². The first-order chi connectivity index (χ1) is 11.4. The van der Waals surface area contributed by atoms with Crippen molar-refractivity contribution in [3.8, 4) is 0 Å². The molecule has 1 amide bonds. The molecule has 1 aromatic rings. The number of rotatable bonds is 7. The highest BCUT2D eigenvalue weighted by Crippen LogP contribution is 2.18. The molecule has 0 saturated carbocycles. The molecule has 1 saturated heterocycles. The molecule has 1 aliphatic heterocycles. The highest BCUT2D eigenvalue weighted by Gasteiger charge is 2.26. The number of amides is 1. The molecule has 1 fully saturated rings. The predicted octanol–water partition coefficient (Wildman–Crippen LogP) is 0.389. The molecule has 0 unspecified atom stereocenters. The lowest BCUT2D eigenvalue weighted by atomic mass is 10.2. The second kappa shape index (κ2) is 8.57. The van der Waals surface area contributed by atoms with Crippen LogP contribution in [-0.4, -0.2) is 77.0 Å². The molecule has 134 valence electrons. The zero-order valence-electron chi connectivity index (χ0n) is 14.2. The molecule has 2 rings (SSSR count). The Balaban J connectivity index is 2.03. The van der Waals surface area contributed by atoms with Crippen molar-refractivity contribution >= 4 is 15.9 Å². The Labute approximate surface area is 143 Å². The monoisotopic (exact) mass is 355 g/mol. The average molecular weight is 355 g/mol. The van der Waals surface area contributed by atoms with Crippen LogP contribution in [0.5, 0.6) is 0 Å². The third-order valence-corrected chi connectivity index (χ3v) is 5.67. The molecule has 0 atom stereocenters. The Morgan fingerprint density at radius 1 is 1.29 bits per heavy atom. The number of sulfonamides is 1. The molecule has 0 aromatic heterocycles. The summed E-state index contributed by atoms with van der Waals surface area (Å²) < 4.78 is 31.8. The Bertz CT molecular complexity index is 655. The van der Waals surface area contributed by atoms with Gasteiger partial charge < -0.3 is 15.0 Å². The quantitative estimate of drug-likeness (QED) is 0.716. The molecule has 0 bridgehead atoms. The van der Waals surface area contributed by atoms with Crippen LogP contribution in [0, 0.1) is 0 Å². The van der Waals surface area contributed by atoms with Gasteiger partial charge in [-0.15, -0.1) is 0 Å². The lowest BCUT2D eigenvalue weighted by Gasteiger charge is -2.26. The molecular formula is C16H25N3O4S. The van der Waals surface area contributed by atoms with E-state index < -0.39 is 10.0 Å². The summed E-state index contributed by atoms with van der Waals surface area (Å²) in [5, 5.41) is 2.82. The zero-order chi connectivity index (χ0) is 17.6. The number of carbonyl (C=O) groups excluding carboxylic acids is 1. The van der Waals surface area contributed by atoms with Crippen molar-refractivity contribution in [3.63, 3.8) is 0 Å². The molecule has 0 radical (unpaired) electrons. The van der Waals surface area contributed by atoms with Crippen molar-refractivity contribution in [2.45, 2.75) is 11.3 Å². The molecule has 1 N–H and O–H groups in total. The minimum atomic E-state index is -3.59. The van der Waals surface area contributed by atoms with E-state index in [4.69, 9.17) is 4.74 Å². The van der Waals surface area contributed by atoms with Gasteiger partial charge in [0.2, 0.25) is 10.0 Å². The van der Waals surface area contributed by atoms with E-state index in [9.17, 15) is 13.2 Å². The van der Waals surface area contributed by atoms with E-state index in [0.717, 1.165) is 13.0 Å². The summed E-state index contributed by atoms with van der Waals surface area (Å²) >= 11 is 0. The van der Waals surface area contributed by atoms with E-state index in [0.29, 0.717) is 38.4 Å². The Morgan fingerprint density at radius 3 is 2.67 bits per heavy atom. The first-order valence-electron chi connectivity index (χ1n) is 8.02. The molecular weight excluding hydrogens is 330 g/mol. The first-order valence-corrected chi connectivity index (χ1v) is 9.46. The van der Waals surface area contributed by atoms with Crippen LogP contribution in [0.4, 0.5) is 0 Å². The smallest absolute Gasteiger partial charge is 0.251 e. The highest BCUT2D eigenvalue weighted by atomic mass is 32.2. The standard InChI is InChI=1S/C16H25N3O4S/c1-18(2)8-4-7-17-16(20)14-5-3-6-15(13-14)24(21,22)19-9-11-23-12-10-19/h3,5-6,13H,4,7-12H2,1-2H3,(H,17,20). The second-order valence-electron chi connectivity index (χ2n) is 5.96. The third kappa shape index (κ3) is 5.01. The van der Waals surface area contributed by atoms with Gasteiger partial charge in [-0.2, -0.15) is 4.31 Å². The topological polar surface area (TPSA) is 79.0 Å². The largest absolute Gasteiger partial charge is 0.379 e. The lowest BCUT2D eigenvalue weighted by Crippen LogP contribution is -2.40. The fourth-order valence-corrected chi connectivity index (χ4v) is 3.89. The minimum absolute atomic E-state index is 0.144. The van der Waals surface area contributed by atoms with Gasteiger partial charge in [0.15, 0.2) is 0 Å². The highest BCUT2D eigenvalue weighted by molar-refractivity contribution is 7.89. The number of hydrogen-bond acceptors (Lipinski definition) is 5. The number of carbonyl (C=O) groups is 1. The van der Waals surface area contributed by atoms with Gasteiger partial charge in [-0.1, -0.05) is 6.07 Å². The Morgan fingerprint density at radius 2 is 2.00 bits per heavy atom. The molecule has 1 heterocycles. The third-order valence-electron chi connectivity index (χ3n) is 3.77. The predicted molar refractivity (Wildman–Crippen MR) is 91.5 cm³/mol. The van der Waals surface area contributed by atoms with Crippen LogP contribution in [0.2, 0.25) is 0 Å². The van der Waals surface area contributed by atoms with Gasteiger partial charge in [0.25, 0.3) is 5.91 Å². The Kier molecular flexibility index (Phi) is 6.73. The van der Waals surface area contributed by atoms with Crippen LogP contribution >= 0.6 is 0 Å². The molecule has 7 nitrogen and oxygen atoms in total. The average Bonchev–Trinajstić information content (AvgIpc) is 2.59. The fourth-order valence-electron chi connectivity index (χ4n) is 2.43. The van der Waals surface area contributed by atoms with Crippen molar-refractivity contribution in [1.29, 1.82) is 0 Å². The summed E-state index contributed by atoms with van der Waals surface area (Å²) in [5.74, 6) is -0.257. The van der Waals surface area contributed by atoms with Gasteiger partial charge in [0.05, 0.1) is 18.1 Å².